The van der Waals surface area contributed by atoms with Crippen LogP contribution < -0.4 is 5.84 Å². The van der Waals surface area contributed by atoms with Crippen LogP contribution in [0.3, 0.4) is 0 Å². The largest absolute Gasteiger partial charge is 0.405 e. The highest BCUT2D eigenvalue weighted by Crippen LogP contribution is 2.35. The third kappa shape index (κ3) is 3.03. The predicted octanol–water partition coefficient (Wildman–Crippen LogP) is 2.75. The van der Waals surface area contributed by atoms with Gasteiger partial charge in [-0.25, -0.2) is 5.01 Å². The molecule has 2 unspecified atom stereocenters. The van der Waals surface area contributed by atoms with Gasteiger partial charge in [-0.1, -0.05) is 30.3 Å². The molecule has 2 nitrogen and oxygen atoms in total. The molecule has 0 aromatic heterocycles. The quantitative estimate of drug-likeness (QED) is 0.826. The van der Waals surface area contributed by atoms with Crippen molar-refractivity contribution in [3.63, 3.8) is 0 Å². The third-order valence-electron chi connectivity index (χ3n) is 3.47. The number of piperidine rings is 1. The van der Waals surface area contributed by atoms with Crippen molar-refractivity contribution in [3.05, 3.63) is 35.9 Å². The number of halogens is 3. The lowest BCUT2D eigenvalue weighted by molar-refractivity contribution is -0.206. The molecule has 2 rings (SSSR count). The van der Waals surface area contributed by atoms with Crippen LogP contribution in [0.2, 0.25) is 0 Å². The van der Waals surface area contributed by atoms with Gasteiger partial charge in [-0.15, -0.1) is 0 Å². The Morgan fingerprint density at radius 1 is 1.22 bits per heavy atom. The van der Waals surface area contributed by atoms with Crippen LogP contribution in [0.5, 0.6) is 0 Å². The number of rotatable bonds is 2. The number of benzene rings is 1. The van der Waals surface area contributed by atoms with E-state index in [1.807, 2.05) is 30.3 Å². The summed E-state index contributed by atoms with van der Waals surface area (Å²) in [5.41, 5.74) is 0.937. The van der Waals surface area contributed by atoms with Gasteiger partial charge in [0.2, 0.25) is 0 Å². The first-order valence-electron chi connectivity index (χ1n) is 6.10. The van der Waals surface area contributed by atoms with E-state index in [9.17, 15) is 13.2 Å². The van der Waals surface area contributed by atoms with Gasteiger partial charge >= 0.3 is 6.18 Å². The number of alkyl halides is 3. The highest BCUT2D eigenvalue weighted by atomic mass is 19.4. The SMILES string of the molecule is NN1CCCC(Cc2ccccc2)C1C(F)(F)F. The minimum Gasteiger partial charge on any atom is -0.268 e. The monoisotopic (exact) mass is 258 g/mol. The Morgan fingerprint density at radius 3 is 2.50 bits per heavy atom. The molecule has 0 spiro atoms. The molecule has 1 aromatic carbocycles. The molecule has 0 saturated carbocycles. The summed E-state index contributed by atoms with van der Waals surface area (Å²) in [7, 11) is 0. The molecular formula is C13H17F3N2. The van der Waals surface area contributed by atoms with E-state index < -0.39 is 18.1 Å². The zero-order valence-corrected chi connectivity index (χ0v) is 10.0. The Hall–Kier alpha value is -1.07. The van der Waals surface area contributed by atoms with Gasteiger partial charge in [0.25, 0.3) is 0 Å². The summed E-state index contributed by atoms with van der Waals surface area (Å²) in [6.45, 7) is 0.315. The fraction of sp³-hybridized carbons (Fsp3) is 0.538. The second-order valence-corrected chi connectivity index (χ2v) is 4.82. The standard InChI is InChI=1S/C13H17F3N2/c14-13(15,16)12-11(7-4-8-18(12)17)9-10-5-2-1-3-6-10/h1-3,5-6,11-12H,4,7-9,17H2. The lowest BCUT2D eigenvalue weighted by Gasteiger charge is -2.39. The number of hydrogen-bond acceptors (Lipinski definition) is 2. The number of nitrogens with zero attached hydrogens (tertiary/aromatic N) is 1. The average molecular weight is 258 g/mol. The van der Waals surface area contributed by atoms with Crippen molar-refractivity contribution in [2.45, 2.75) is 31.5 Å². The van der Waals surface area contributed by atoms with Crippen molar-refractivity contribution in [2.75, 3.05) is 6.54 Å². The summed E-state index contributed by atoms with van der Waals surface area (Å²) >= 11 is 0. The molecule has 0 bridgehead atoms. The van der Waals surface area contributed by atoms with Crippen molar-refractivity contribution in [2.24, 2.45) is 11.8 Å². The molecular weight excluding hydrogens is 241 g/mol. The first kappa shape index (κ1) is 13.4. The summed E-state index contributed by atoms with van der Waals surface area (Å²) in [6.07, 6.45) is -2.53. The van der Waals surface area contributed by atoms with Crippen LogP contribution in [0.4, 0.5) is 13.2 Å². The van der Waals surface area contributed by atoms with Crippen molar-refractivity contribution in [3.8, 4) is 0 Å². The van der Waals surface area contributed by atoms with E-state index in [2.05, 4.69) is 0 Å². The van der Waals surface area contributed by atoms with Gasteiger partial charge in [0, 0.05) is 6.54 Å². The van der Waals surface area contributed by atoms with Crippen LogP contribution in [-0.4, -0.2) is 23.8 Å². The van der Waals surface area contributed by atoms with Gasteiger partial charge in [0.1, 0.15) is 6.04 Å². The molecule has 1 saturated heterocycles. The summed E-state index contributed by atoms with van der Waals surface area (Å²) < 4.78 is 39.1. The molecule has 18 heavy (non-hydrogen) atoms. The van der Waals surface area contributed by atoms with Gasteiger partial charge in [0.15, 0.2) is 0 Å². The van der Waals surface area contributed by atoms with E-state index in [1.54, 1.807) is 0 Å². The molecule has 100 valence electrons. The Kier molecular flexibility index (Phi) is 3.92. The summed E-state index contributed by atoms with van der Waals surface area (Å²) in [5, 5.41) is 0.955. The first-order chi connectivity index (χ1) is 8.48. The van der Waals surface area contributed by atoms with E-state index in [0.29, 0.717) is 19.4 Å². The normalized spacial score (nSPS) is 26.2. The van der Waals surface area contributed by atoms with Crippen LogP contribution in [0, 0.1) is 5.92 Å². The Labute approximate surface area is 105 Å². The fourth-order valence-electron chi connectivity index (χ4n) is 2.69. The summed E-state index contributed by atoms with van der Waals surface area (Å²) in [4.78, 5) is 0. The Bertz CT molecular complexity index is 378. The van der Waals surface area contributed by atoms with Crippen molar-refractivity contribution in [1.29, 1.82) is 0 Å². The van der Waals surface area contributed by atoms with Crippen LogP contribution in [0.1, 0.15) is 18.4 Å². The smallest absolute Gasteiger partial charge is 0.268 e. The van der Waals surface area contributed by atoms with E-state index in [0.717, 1.165) is 17.0 Å². The maximum Gasteiger partial charge on any atom is 0.405 e. The highest BCUT2D eigenvalue weighted by Gasteiger charge is 2.48. The summed E-state index contributed by atoms with van der Waals surface area (Å²) in [5.74, 6) is 5.07. The second-order valence-electron chi connectivity index (χ2n) is 4.82. The molecule has 2 N–H and O–H groups in total. The maximum absolute atomic E-state index is 13.0. The molecule has 0 radical (unpaired) electrons. The molecule has 1 aliphatic rings. The fourth-order valence-corrected chi connectivity index (χ4v) is 2.69. The Balaban J connectivity index is 2.14. The van der Waals surface area contributed by atoms with Crippen LogP contribution >= 0.6 is 0 Å². The molecule has 1 heterocycles. The zero-order valence-electron chi connectivity index (χ0n) is 10.0. The highest BCUT2D eigenvalue weighted by molar-refractivity contribution is 5.16. The van der Waals surface area contributed by atoms with Gasteiger partial charge in [0.05, 0.1) is 0 Å². The molecule has 1 aromatic rings. The van der Waals surface area contributed by atoms with Gasteiger partial charge in [-0.3, -0.25) is 5.84 Å². The van der Waals surface area contributed by atoms with E-state index in [1.165, 1.54) is 0 Å². The molecule has 1 aliphatic heterocycles. The topological polar surface area (TPSA) is 29.3 Å². The number of hydrogen-bond donors (Lipinski definition) is 1. The molecule has 2 atom stereocenters. The molecule has 0 amide bonds. The van der Waals surface area contributed by atoms with E-state index in [4.69, 9.17) is 5.84 Å². The zero-order chi connectivity index (χ0) is 13.2. The third-order valence-corrected chi connectivity index (χ3v) is 3.47. The van der Waals surface area contributed by atoms with Crippen molar-refractivity contribution >= 4 is 0 Å². The molecule has 0 aliphatic carbocycles. The second kappa shape index (κ2) is 5.28. The molecule has 1 fully saturated rings. The van der Waals surface area contributed by atoms with Crippen LogP contribution in [-0.2, 0) is 6.42 Å². The van der Waals surface area contributed by atoms with E-state index in [-0.39, 0.29) is 0 Å². The van der Waals surface area contributed by atoms with Crippen molar-refractivity contribution < 1.29 is 13.2 Å². The predicted molar refractivity (Wildman–Crippen MR) is 63.6 cm³/mol. The maximum atomic E-state index is 13.0. The first-order valence-corrected chi connectivity index (χ1v) is 6.10. The minimum absolute atomic E-state index is 0.315. The minimum atomic E-state index is -4.26. The van der Waals surface area contributed by atoms with Crippen molar-refractivity contribution in [1.82, 2.24) is 5.01 Å². The number of hydrazine groups is 1. The lowest BCUT2D eigenvalue weighted by Crippen LogP contribution is -2.57. The van der Waals surface area contributed by atoms with Crippen LogP contribution in [0.25, 0.3) is 0 Å². The van der Waals surface area contributed by atoms with Gasteiger partial charge < -0.3 is 0 Å². The lowest BCUT2D eigenvalue weighted by atomic mass is 9.84. The van der Waals surface area contributed by atoms with Gasteiger partial charge in [-0.2, -0.15) is 13.2 Å². The summed E-state index contributed by atoms with van der Waals surface area (Å²) in [6, 6.07) is 7.76. The van der Waals surface area contributed by atoms with E-state index >= 15 is 0 Å². The van der Waals surface area contributed by atoms with Gasteiger partial charge in [-0.05, 0) is 30.7 Å². The average Bonchev–Trinajstić information content (AvgIpc) is 2.28. The Morgan fingerprint density at radius 2 is 1.89 bits per heavy atom. The number of nitrogens with two attached hydrogens (primary N) is 1. The molecule has 5 heteroatoms. The van der Waals surface area contributed by atoms with Crippen LogP contribution in [0.15, 0.2) is 30.3 Å².